The molecule has 3 N–H and O–H groups in total. The summed E-state index contributed by atoms with van der Waals surface area (Å²) in [4.78, 5) is 26.8. The lowest BCUT2D eigenvalue weighted by Crippen LogP contribution is -2.54. The van der Waals surface area contributed by atoms with Gasteiger partial charge in [-0.15, -0.1) is 0 Å². The predicted molar refractivity (Wildman–Crippen MR) is 173 cm³/mol. The fourth-order valence-electron chi connectivity index (χ4n) is 4.12. The molecule has 224 valence electrons. The van der Waals surface area contributed by atoms with Crippen molar-refractivity contribution in [1.29, 1.82) is 0 Å². The number of halogens is 1. The van der Waals surface area contributed by atoms with Crippen LogP contribution in [-0.4, -0.2) is 34.7 Å². The fraction of sp³-hybridized carbons (Fsp3) is 0.364. The molecule has 0 bridgehead atoms. The van der Waals surface area contributed by atoms with Gasteiger partial charge >= 0.3 is 5.97 Å². The third-order valence-electron chi connectivity index (χ3n) is 6.07. The third kappa shape index (κ3) is 11.3. The van der Waals surface area contributed by atoms with E-state index in [1.54, 1.807) is 32.9 Å². The standard InChI is InChI=1S/C33H40ClN3O4S/c1-22(2)19-28(37-32(42)36-27-14-10-9-13-26(27)34)30(38)35-29(31(39)41-33(3,4)5)20-23-15-17-25(18-16-23)40-21-24-11-7-6-8-12-24/h6-18,22,28-29H,19-21H2,1-5H3,(H,35,38)(H2,36,37,42)/t28-,29-/m0/s1. The first kappa shape index (κ1) is 32.9. The van der Waals surface area contributed by atoms with E-state index in [2.05, 4.69) is 16.0 Å². The smallest absolute Gasteiger partial charge is 0.329 e. The van der Waals surface area contributed by atoms with E-state index in [0.717, 1.165) is 11.1 Å². The van der Waals surface area contributed by atoms with Crippen LogP contribution in [0.4, 0.5) is 5.69 Å². The van der Waals surface area contributed by atoms with Crippen molar-refractivity contribution in [3.05, 3.63) is 95.0 Å². The Labute approximate surface area is 259 Å². The second-order valence-corrected chi connectivity index (χ2v) is 12.3. The molecule has 0 aliphatic heterocycles. The molecule has 0 aromatic heterocycles. The molecule has 0 aliphatic carbocycles. The van der Waals surface area contributed by atoms with E-state index in [4.69, 9.17) is 33.3 Å². The molecule has 0 fully saturated rings. The van der Waals surface area contributed by atoms with Crippen molar-refractivity contribution in [2.24, 2.45) is 5.92 Å². The number of rotatable bonds is 12. The van der Waals surface area contributed by atoms with Crippen LogP contribution in [0.1, 0.15) is 52.2 Å². The second kappa shape index (κ2) is 15.6. The Kier molecular flexibility index (Phi) is 12.2. The largest absolute Gasteiger partial charge is 0.489 e. The summed E-state index contributed by atoms with van der Waals surface area (Å²) in [7, 11) is 0. The molecule has 0 unspecified atom stereocenters. The number of benzene rings is 3. The van der Waals surface area contributed by atoms with E-state index < -0.39 is 23.7 Å². The summed E-state index contributed by atoms with van der Waals surface area (Å²) in [6.45, 7) is 9.87. The molecule has 42 heavy (non-hydrogen) atoms. The number of carbonyl (C=O) groups is 2. The topological polar surface area (TPSA) is 88.7 Å². The van der Waals surface area contributed by atoms with Crippen LogP contribution in [0, 0.1) is 5.92 Å². The van der Waals surface area contributed by atoms with Crippen molar-refractivity contribution in [3.63, 3.8) is 0 Å². The van der Waals surface area contributed by atoms with Gasteiger partial charge in [0, 0.05) is 6.42 Å². The summed E-state index contributed by atoms with van der Waals surface area (Å²) in [6, 6.07) is 23.0. The SMILES string of the molecule is CC(C)C[C@H](NC(=S)Nc1ccccc1Cl)C(=O)N[C@@H](Cc1ccc(OCc2ccccc2)cc1)C(=O)OC(C)(C)C. The zero-order chi connectivity index (χ0) is 30.7. The van der Waals surface area contributed by atoms with E-state index in [9.17, 15) is 9.59 Å². The third-order valence-corrected chi connectivity index (χ3v) is 6.62. The van der Waals surface area contributed by atoms with Gasteiger partial charge in [-0.2, -0.15) is 0 Å². The maximum Gasteiger partial charge on any atom is 0.329 e. The number of hydrogen-bond donors (Lipinski definition) is 3. The number of hydrogen-bond acceptors (Lipinski definition) is 5. The molecule has 3 aromatic carbocycles. The second-order valence-electron chi connectivity index (χ2n) is 11.5. The molecule has 3 aromatic rings. The minimum Gasteiger partial charge on any atom is -0.489 e. The van der Waals surface area contributed by atoms with Crippen LogP contribution in [0.15, 0.2) is 78.9 Å². The van der Waals surface area contributed by atoms with Gasteiger partial charge in [0.25, 0.3) is 0 Å². The van der Waals surface area contributed by atoms with E-state index in [-0.39, 0.29) is 23.4 Å². The zero-order valence-corrected chi connectivity index (χ0v) is 26.4. The number of ether oxygens (including phenoxy) is 2. The van der Waals surface area contributed by atoms with E-state index >= 15 is 0 Å². The Bertz CT molecular complexity index is 1330. The van der Waals surface area contributed by atoms with Crippen LogP contribution in [0.5, 0.6) is 5.75 Å². The number of nitrogens with one attached hydrogen (secondary N) is 3. The van der Waals surface area contributed by atoms with Crippen LogP contribution < -0.4 is 20.7 Å². The van der Waals surface area contributed by atoms with Gasteiger partial charge in [-0.25, -0.2) is 4.79 Å². The molecule has 9 heteroatoms. The van der Waals surface area contributed by atoms with Gasteiger partial charge in [0.05, 0.1) is 10.7 Å². The van der Waals surface area contributed by atoms with Crippen molar-refractivity contribution >= 4 is 46.5 Å². The fourth-order valence-corrected chi connectivity index (χ4v) is 4.55. The monoisotopic (exact) mass is 609 g/mol. The Balaban J connectivity index is 1.71. The summed E-state index contributed by atoms with van der Waals surface area (Å²) >= 11 is 11.7. The van der Waals surface area contributed by atoms with Crippen LogP contribution in [0.3, 0.4) is 0 Å². The van der Waals surface area contributed by atoms with E-state index in [1.807, 2.05) is 80.6 Å². The molecule has 0 radical (unpaired) electrons. The molecule has 0 heterocycles. The van der Waals surface area contributed by atoms with E-state index in [1.165, 1.54) is 0 Å². The lowest BCUT2D eigenvalue weighted by Gasteiger charge is -2.27. The molecular weight excluding hydrogens is 570 g/mol. The number of anilines is 1. The quantitative estimate of drug-likeness (QED) is 0.156. The molecule has 3 rings (SSSR count). The van der Waals surface area contributed by atoms with Crippen molar-refractivity contribution in [2.75, 3.05) is 5.32 Å². The molecule has 2 atom stereocenters. The van der Waals surface area contributed by atoms with Crippen LogP contribution >= 0.6 is 23.8 Å². The normalized spacial score (nSPS) is 12.6. The minimum absolute atomic E-state index is 0.180. The first-order chi connectivity index (χ1) is 19.9. The Morgan fingerprint density at radius 2 is 1.50 bits per heavy atom. The molecule has 0 saturated heterocycles. The van der Waals surface area contributed by atoms with Crippen molar-refractivity contribution in [3.8, 4) is 5.75 Å². The summed E-state index contributed by atoms with van der Waals surface area (Å²) in [6.07, 6.45) is 0.737. The molecular formula is C33H40ClN3O4S. The summed E-state index contributed by atoms with van der Waals surface area (Å²) < 4.78 is 11.6. The summed E-state index contributed by atoms with van der Waals surface area (Å²) in [5.41, 5.74) is 1.83. The summed E-state index contributed by atoms with van der Waals surface area (Å²) in [5, 5.41) is 9.82. The van der Waals surface area contributed by atoms with Gasteiger partial charge < -0.3 is 25.4 Å². The number of thiocarbonyl (C=S) groups is 1. The van der Waals surface area contributed by atoms with Gasteiger partial charge in [-0.1, -0.05) is 80.0 Å². The Hall–Kier alpha value is -3.62. The molecule has 0 saturated carbocycles. The van der Waals surface area contributed by atoms with Gasteiger partial charge in [0.1, 0.15) is 30.0 Å². The molecule has 0 aliphatic rings. The van der Waals surface area contributed by atoms with Crippen LogP contribution in [-0.2, 0) is 27.4 Å². The lowest BCUT2D eigenvalue weighted by molar-refractivity contribution is -0.158. The molecule has 1 amide bonds. The van der Waals surface area contributed by atoms with Gasteiger partial charge in [0.2, 0.25) is 5.91 Å². The first-order valence-corrected chi connectivity index (χ1v) is 14.8. The highest BCUT2D eigenvalue weighted by Crippen LogP contribution is 2.21. The highest BCUT2D eigenvalue weighted by atomic mass is 35.5. The highest BCUT2D eigenvalue weighted by Gasteiger charge is 2.30. The van der Waals surface area contributed by atoms with Crippen molar-refractivity contribution in [1.82, 2.24) is 10.6 Å². The van der Waals surface area contributed by atoms with Gasteiger partial charge in [0.15, 0.2) is 5.11 Å². The Morgan fingerprint density at radius 1 is 0.857 bits per heavy atom. The minimum atomic E-state index is -0.908. The maximum absolute atomic E-state index is 13.6. The van der Waals surface area contributed by atoms with Crippen molar-refractivity contribution in [2.45, 2.75) is 71.8 Å². The number of esters is 1. The predicted octanol–water partition coefficient (Wildman–Crippen LogP) is 6.69. The lowest BCUT2D eigenvalue weighted by atomic mass is 10.0. The average molecular weight is 610 g/mol. The summed E-state index contributed by atoms with van der Waals surface area (Å²) in [5.74, 6) is 0.0203. The maximum atomic E-state index is 13.6. The number of carbonyl (C=O) groups excluding carboxylic acids is 2. The average Bonchev–Trinajstić information content (AvgIpc) is 2.92. The van der Waals surface area contributed by atoms with Crippen molar-refractivity contribution < 1.29 is 19.1 Å². The zero-order valence-electron chi connectivity index (χ0n) is 24.8. The number of para-hydroxylation sites is 1. The highest BCUT2D eigenvalue weighted by molar-refractivity contribution is 7.80. The van der Waals surface area contributed by atoms with Gasteiger partial charge in [-0.3, -0.25) is 4.79 Å². The first-order valence-electron chi connectivity index (χ1n) is 14.0. The van der Waals surface area contributed by atoms with Gasteiger partial charge in [-0.05, 0) is 80.7 Å². The Morgan fingerprint density at radius 3 is 2.12 bits per heavy atom. The molecule has 7 nitrogen and oxygen atoms in total. The molecule has 0 spiro atoms. The number of amides is 1. The van der Waals surface area contributed by atoms with Crippen LogP contribution in [0.2, 0.25) is 5.02 Å². The van der Waals surface area contributed by atoms with Crippen LogP contribution in [0.25, 0.3) is 0 Å². The van der Waals surface area contributed by atoms with E-state index in [0.29, 0.717) is 29.5 Å².